The summed E-state index contributed by atoms with van der Waals surface area (Å²) in [4.78, 5) is 17.2. The first-order chi connectivity index (χ1) is 24.7. The van der Waals surface area contributed by atoms with Gasteiger partial charge in [0.25, 0.3) is 0 Å². The Balaban J connectivity index is 0.000000294. The predicted octanol–water partition coefficient (Wildman–Crippen LogP) is 13.9. The third-order valence-corrected chi connectivity index (χ3v) is 12.7. The van der Waals surface area contributed by atoms with Crippen LogP contribution in [0, 0.1) is 16.9 Å². The SMILES string of the molecule is CC(C)(C)c1cc(-c2nccc3c2oc2cc4c(cc23)C(C)(C)CCC4(C)C)[c-]c2ccccc12.[2H]/C(C(=O)C(C)(CC)CC)=C(/O)C(C)(CC)CC.[Ir]. The molecule has 0 unspecified atom stereocenters. The Bertz CT molecular complexity index is 2190. The standard InChI is InChI=1S/C33H34NO.C15H28O2.Ir/c1-31(2,3)25-17-21(16-20-10-8-9-11-22(20)25)29-30-23(12-15-34-29)24-18-26-27(19-28(24)35-30)33(6,7)14-13-32(26,4)5;1-7-14(5,8-2)12(16)11-13(17)15(6,9-3)10-4;/h8-12,15,17-19H,13-14H2,1-7H3;11,16H,7-10H2,1-6H3;/q-1;;/b;12-11-;/i;11D;. The van der Waals surface area contributed by atoms with Crippen molar-refractivity contribution in [2.75, 3.05) is 0 Å². The van der Waals surface area contributed by atoms with Gasteiger partial charge in [-0.15, -0.1) is 29.1 Å². The van der Waals surface area contributed by atoms with Crippen LogP contribution in [0.25, 0.3) is 44.0 Å². The maximum atomic E-state index is 12.3. The van der Waals surface area contributed by atoms with Gasteiger partial charge in [0, 0.05) is 59.7 Å². The van der Waals surface area contributed by atoms with Crippen LogP contribution in [0.5, 0.6) is 0 Å². The molecule has 6 rings (SSSR count). The Morgan fingerprint density at radius 3 is 1.98 bits per heavy atom. The van der Waals surface area contributed by atoms with E-state index in [0.29, 0.717) is 12.8 Å². The van der Waals surface area contributed by atoms with Gasteiger partial charge in [-0.3, -0.25) is 9.78 Å². The fourth-order valence-corrected chi connectivity index (χ4v) is 7.50. The molecule has 287 valence electrons. The summed E-state index contributed by atoms with van der Waals surface area (Å²) >= 11 is 0. The van der Waals surface area contributed by atoms with Gasteiger partial charge in [0.1, 0.15) is 16.9 Å². The number of furan rings is 1. The maximum Gasteiger partial charge on any atom is 0.164 e. The summed E-state index contributed by atoms with van der Waals surface area (Å²) in [6.07, 6.45) is 7.12. The number of carbonyl (C=O) groups excluding carboxylic acids is 1. The van der Waals surface area contributed by atoms with Gasteiger partial charge in [-0.05, 0) is 84.1 Å². The van der Waals surface area contributed by atoms with E-state index < -0.39 is 10.8 Å². The van der Waals surface area contributed by atoms with Crippen molar-refractivity contribution in [3.8, 4) is 11.3 Å². The Morgan fingerprint density at radius 1 is 0.849 bits per heavy atom. The Morgan fingerprint density at radius 2 is 1.42 bits per heavy atom. The number of rotatable bonds is 8. The quantitative estimate of drug-likeness (QED) is 0.0958. The fourth-order valence-electron chi connectivity index (χ4n) is 7.50. The molecule has 1 aliphatic carbocycles. The summed E-state index contributed by atoms with van der Waals surface area (Å²) < 4.78 is 14.6. The number of benzene rings is 3. The summed E-state index contributed by atoms with van der Waals surface area (Å²) in [6.45, 7) is 27.9. The van der Waals surface area contributed by atoms with Crippen molar-refractivity contribution in [3.05, 3.63) is 89.3 Å². The van der Waals surface area contributed by atoms with E-state index in [1.54, 1.807) is 0 Å². The van der Waals surface area contributed by atoms with E-state index in [4.69, 9.17) is 10.8 Å². The van der Waals surface area contributed by atoms with Gasteiger partial charge in [-0.1, -0.05) is 119 Å². The molecule has 2 aromatic heterocycles. The zero-order valence-corrected chi connectivity index (χ0v) is 36.9. The average Bonchev–Trinajstić information content (AvgIpc) is 3.52. The zero-order valence-electron chi connectivity index (χ0n) is 35.5. The van der Waals surface area contributed by atoms with Crippen molar-refractivity contribution in [1.29, 1.82) is 0 Å². The number of hydrogen-bond donors (Lipinski definition) is 1. The third kappa shape index (κ3) is 8.08. The summed E-state index contributed by atoms with van der Waals surface area (Å²) in [5.41, 5.74) is 7.15. The number of ketones is 1. The van der Waals surface area contributed by atoms with Crippen LogP contribution >= 0.6 is 0 Å². The second-order valence-corrected chi connectivity index (χ2v) is 18.0. The van der Waals surface area contributed by atoms with Crippen molar-refractivity contribution >= 4 is 38.5 Å². The molecule has 4 nitrogen and oxygen atoms in total. The van der Waals surface area contributed by atoms with Crippen molar-refractivity contribution in [2.24, 2.45) is 10.8 Å². The van der Waals surface area contributed by atoms with Gasteiger partial charge in [-0.2, -0.15) is 0 Å². The number of aliphatic hydroxyl groups is 1. The van der Waals surface area contributed by atoms with Gasteiger partial charge in [-0.25, -0.2) is 0 Å². The monoisotopic (exact) mass is 894 g/mol. The second kappa shape index (κ2) is 15.5. The van der Waals surface area contributed by atoms with Gasteiger partial charge in [0.05, 0.1) is 1.37 Å². The number of aromatic nitrogens is 1. The molecule has 1 radical (unpaired) electrons. The molecule has 3 aromatic carbocycles. The molecule has 5 heteroatoms. The van der Waals surface area contributed by atoms with E-state index in [0.717, 1.165) is 46.0 Å². The topological polar surface area (TPSA) is 63.3 Å². The van der Waals surface area contributed by atoms with E-state index in [-0.39, 0.29) is 53.9 Å². The molecular weight excluding hydrogens is 831 g/mol. The molecular formula is C48H62IrNO3-. The van der Waals surface area contributed by atoms with Crippen LogP contribution < -0.4 is 0 Å². The summed E-state index contributed by atoms with van der Waals surface area (Å²) in [6, 6.07) is 21.0. The number of carbonyl (C=O) groups is 1. The number of allylic oxidation sites excluding steroid dienone is 2. The minimum atomic E-state index is -0.534. The second-order valence-electron chi connectivity index (χ2n) is 18.0. The van der Waals surface area contributed by atoms with E-state index >= 15 is 0 Å². The molecule has 0 spiro atoms. The molecule has 0 bridgehead atoms. The van der Waals surface area contributed by atoms with Gasteiger partial charge in [0.2, 0.25) is 0 Å². The van der Waals surface area contributed by atoms with E-state index in [1.165, 1.54) is 40.3 Å². The number of pyridine rings is 1. The molecule has 0 aliphatic heterocycles. The number of fused-ring (bicyclic) bond motifs is 5. The molecule has 0 saturated carbocycles. The summed E-state index contributed by atoms with van der Waals surface area (Å²) in [7, 11) is 0. The van der Waals surface area contributed by atoms with Crippen molar-refractivity contribution in [3.63, 3.8) is 0 Å². The predicted molar refractivity (Wildman–Crippen MR) is 220 cm³/mol. The average molecular weight is 894 g/mol. The molecule has 0 fully saturated rings. The van der Waals surface area contributed by atoms with E-state index in [1.807, 2.05) is 47.7 Å². The number of hydrogen-bond acceptors (Lipinski definition) is 4. The zero-order chi connectivity index (χ0) is 39.3. The van der Waals surface area contributed by atoms with Crippen LogP contribution in [0.15, 0.2) is 71.0 Å². The van der Waals surface area contributed by atoms with Gasteiger partial charge >= 0.3 is 0 Å². The molecule has 2 heterocycles. The largest absolute Gasteiger partial charge is 0.512 e. The van der Waals surface area contributed by atoms with Crippen LogP contribution in [0.4, 0.5) is 0 Å². The van der Waals surface area contributed by atoms with Crippen molar-refractivity contribution < 1.29 is 35.8 Å². The van der Waals surface area contributed by atoms with Crippen LogP contribution in [0.1, 0.15) is 147 Å². The molecule has 5 aromatic rings. The van der Waals surface area contributed by atoms with Crippen LogP contribution in [0.2, 0.25) is 0 Å². The fraction of sp³-hybridized carbons (Fsp3) is 0.500. The van der Waals surface area contributed by atoms with Gasteiger partial charge in [0.15, 0.2) is 5.78 Å². The van der Waals surface area contributed by atoms with Crippen LogP contribution in [-0.2, 0) is 41.1 Å². The maximum absolute atomic E-state index is 12.3. The Kier molecular flexibility index (Phi) is 11.9. The first kappa shape index (κ1) is 40.9. The van der Waals surface area contributed by atoms with Crippen molar-refractivity contribution in [1.82, 2.24) is 4.98 Å². The molecule has 0 saturated heterocycles. The first-order valence-corrected chi connectivity index (χ1v) is 19.4. The minimum absolute atomic E-state index is 0. The normalized spacial score (nSPS) is 16.3. The van der Waals surface area contributed by atoms with Gasteiger partial charge < -0.3 is 9.52 Å². The molecule has 0 atom stereocenters. The third-order valence-electron chi connectivity index (χ3n) is 12.7. The smallest absolute Gasteiger partial charge is 0.164 e. The van der Waals surface area contributed by atoms with E-state index in [2.05, 4.69) is 103 Å². The molecule has 1 N–H and O–H groups in total. The molecule has 53 heavy (non-hydrogen) atoms. The summed E-state index contributed by atoms with van der Waals surface area (Å²) in [5.74, 6) is -0.288. The van der Waals surface area contributed by atoms with Crippen LogP contribution in [-0.4, -0.2) is 15.9 Å². The number of aliphatic hydroxyl groups excluding tert-OH is 1. The van der Waals surface area contributed by atoms with E-state index in [9.17, 15) is 9.90 Å². The Labute approximate surface area is 334 Å². The van der Waals surface area contributed by atoms with Crippen LogP contribution in [0.3, 0.4) is 0 Å². The summed E-state index contributed by atoms with van der Waals surface area (Å²) in [5, 5.41) is 14.9. The minimum Gasteiger partial charge on any atom is -0.512 e. The number of nitrogens with zero attached hydrogens (tertiary/aromatic N) is 1. The molecule has 1 aliphatic rings. The van der Waals surface area contributed by atoms with Crippen molar-refractivity contribution in [2.45, 2.75) is 145 Å². The molecule has 0 amide bonds. The first-order valence-electron chi connectivity index (χ1n) is 19.9. The Hall–Kier alpha value is -3.27.